The Kier molecular flexibility index (Phi) is 3.54. The maximum absolute atomic E-state index is 12.8. The van der Waals surface area contributed by atoms with E-state index in [2.05, 4.69) is 4.72 Å². The summed E-state index contributed by atoms with van der Waals surface area (Å²) in [4.78, 5) is 0.0948. The van der Waals surface area contributed by atoms with Crippen LogP contribution in [0.25, 0.3) is 0 Å². The number of rotatable bonds is 3. The van der Waals surface area contributed by atoms with Crippen molar-refractivity contribution in [1.82, 2.24) is 4.72 Å². The molecule has 0 radical (unpaired) electrons. The van der Waals surface area contributed by atoms with Crippen LogP contribution in [0.3, 0.4) is 0 Å². The fraction of sp³-hybridized carbons (Fsp3) is 0.625. The van der Waals surface area contributed by atoms with E-state index in [0.29, 0.717) is 17.8 Å². The second-order valence-electron chi connectivity index (χ2n) is 7.36. The summed E-state index contributed by atoms with van der Waals surface area (Å²) < 4.78 is 28.7. The summed E-state index contributed by atoms with van der Waals surface area (Å²) in [6.07, 6.45) is 6.74. The summed E-state index contributed by atoms with van der Waals surface area (Å²) in [7, 11) is -3.64. The van der Waals surface area contributed by atoms with Gasteiger partial charge in [0.25, 0.3) is 0 Å². The van der Waals surface area contributed by atoms with Gasteiger partial charge in [-0.2, -0.15) is 0 Å². The first-order chi connectivity index (χ1) is 10.4. The highest BCUT2D eigenvalue weighted by atomic mass is 35.5. The molecule has 0 heterocycles. The first-order valence-corrected chi connectivity index (χ1v) is 10.1. The zero-order chi connectivity index (χ0) is 15.5. The average Bonchev–Trinajstić information content (AvgIpc) is 2.38. The molecule has 0 aliphatic heterocycles. The van der Waals surface area contributed by atoms with Gasteiger partial charge in [0.1, 0.15) is 4.90 Å². The Bertz CT molecular complexity index is 682. The molecule has 0 unspecified atom stereocenters. The number of halogens is 2. The Morgan fingerprint density at radius 1 is 1.00 bits per heavy atom. The summed E-state index contributed by atoms with van der Waals surface area (Å²) in [6.45, 7) is 0. The minimum Gasteiger partial charge on any atom is -0.207 e. The van der Waals surface area contributed by atoms with E-state index in [-0.39, 0.29) is 20.5 Å². The van der Waals surface area contributed by atoms with Gasteiger partial charge < -0.3 is 0 Å². The molecule has 3 nitrogen and oxygen atoms in total. The third kappa shape index (κ3) is 2.48. The Morgan fingerprint density at radius 3 is 2.09 bits per heavy atom. The van der Waals surface area contributed by atoms with Crippen molar-refractivity contribution in [3.63, 3.8) is 0 Å². The monoisotopic (exact) mass is 359 g/mol. The summed E-state index contributed by atoms with van der Waals surface area (Å²) in [6, 6.07) is 4.76. The summed E-state index contributed by atoms with van der Waals surface area (Å²) in [5.74, 6) is 2.05. The largest absolute Gasteiger partial charge is 0.242 e. The summed E-state index contributed by atoms with van der Waals surface area (Å²) >= 11 is 12.1. The first kappa shape index (κ1) is 15.3. The second kappa shape index (κ2) is 5.10. The molecule has 0 atom stereocenters. The lowest BCUT2D eigenvalue weighted by Gasteiger charge is -2.56. The molecular formula is C16H19Cl2NO2S. The maximum Gasteiger partial charge on any atom is 0.242 e. The topological polar surface area (TPSA) is 46.2 Å². The van der Waals surface area contributed by atoms with Crippen molar-refractivity contribution in [3.05, 3.63) is 28.2 Å². The van der Waals surface area contributed by atoms with Crippen molar-refractivity contribution in [2.24, 2.45) is 17.8 Å². The quantitative estimate of drug-likeness (QED) is 0.876. The molecule has 5 rings (SSSR count). The third-order valence-corrected chi connectivity index (χ3v) is 8.15. The van der Waals surface area contributed by atoms with Crippen LogP contribution < -0.4 is 4.72 Å². The van der Waals surface area contributed by atoms with Crippen molar-refractivity contribution < 1.29 is 8.42 Å². The predicted molar refractivity (Wildman–Crippen MR) is 87.7 cm³/mol. The van der Waals surface area contributed by atoms with Crippen LogP contribution in [-0.4, -0.2) is 14.0 Å². The number of benzene rings is 1. The number of hydrogen-bond acceptors (Lipinski definition) is 2. The number of hydrogen-bond donors (Lipinski definition) is 1. The molecule has 22 heavy (non-hydrogen) atoms. The van der Waals surface area contributed by atoms with E-state index in [0.717, 1.165) is 19.3 Å². The molecule has 4 saturated carbocycles. The van der Waals surface area contributed by atoms with Crippen molar-refractivity contribution >= 4 is 33.2 Å². The van der Waals surface area contributed by atoms with E-state index < -0.39 is 10.0 Å². The van der Waals surface area contributed by atoms with E-state index in [1.165, 1.54) is 25.3 Å². The van der Waals surface area contributed by atoms with E-state index in [1.807, 2.05) is 0 Å². The minimum absolute atomic E-state index is 0.0948. The van der Waals surface area contributed by atoms with Crippen molar-refractivity contribution in [1.29, 1.82) is 0 Å². The number of nitrogens with one attached hydrogen (secondary N) is 1. The fourth-order valence-electron chi connectivity index (χ4n) is 5.27. The highest BCUT2D eigenvalue weighted by Crippen LogP contribution is 2.56. The molecule has 4 bridgehead atoms. The molecule has 4 fully saturated rings. The number of sulfonamides is 1. The van der Waals surface area contributed by atoms with Crippen molar-refractivity contribution in [2.75, 3.05) is 0 Å². The molecule has 1 aromatic carbocycles. The molecule has 4 aliphatic carbocycles. The van der Waals surface area contributed by atoms with Gasteiger partial charge in [-0.05, 0) is 68.4 Å². The van der Waals surface area contributed by atoms with E-state index >= 15 is 0 Å². The van der Waals surface area contributed by atoms with Crippen molar-refractivity contribution in [2.45, 2.75) is 49.0 Å². The normalized spacial score (nSPS) is 36.7. The maximum atomic E-state index is 12.8. The molecule has 120 valence electrons. The van der Waals surface area contributed by atoms with Gasteiger partial charge in [-0.3, -0.25) is 0 Å². The molecule has 0 spiro atoms. The molecule has 1 N–H and O–H groups in total. The van der Waals surface area contributed by atoms with Gasteiger partial charge in [-0.15, -0.1) is 0 Å². The Balaban J connectivity index is 1.66. The van der Waals surface area contributed by atoms with E-state index in [1.54, 1.807) is 12.1 Å². The first-order valence-electron chi connectivity index (χ1n) is 7.85. The minimum atomic E-state index is -3.64. The Labute approximate surface area is 141 Å². The van der Waals surface area contributed by atoms with Crippen LogP contribution in [0.4, 0.5) is 0 Å². The van der Waals surface area contributed by atoms with Crippen LogP contribution in [0.2, 0.25) is 10.0 Å². The van der Waals surface area contributed by atoms with E-state index in [9.17, 15) is 8.42 Å². The predicted octanol–water partition coefficient (Wildman–Crippen LogP) is 4.24. The zero-order valence-corrected chi connectivity index (χ0v) is 14.5. The Hall–Kier alpha value is -0.290. The van der Waals surface area contributed by atoms with Gasteiger partial charge >= 0.3 is 0 Å². The van der Waals surface area contributed by atoms with Gasteiger partial charge in [0.2, 0.25) is 10.0 Å². The lowest BCUT2D eigenvalue weighted by atomic mass is 9.53. The molecular weight excluding hydrogens is 341 g/mol. The second-order valence-corrected chi connectivity index (χ2v) is 9.79. The third-order valence-electron chi connectivity index (χ3n) is 5.59. The van der Waals surface area contributed by atoms with Crippen LogP contribution in [0.15, 0.2) is 23.1 Å². The zero-order valence-electron chi connectivity index (χ0n) is 12.2. The SMILES string of the molecule is O=S(=O)(NC12CC3CC(CC(C3)C1)C2)c1cccc(Cl)c1Cl. The Morgan fingerprint density at radius 2 is 1.55 bits per heavy atom. The van der Waals surface area contributed by atoms with Crippen molar-refractivity contribution in [3.8, 4) is 0 Å². The average molecular weight is 360 g/mol. The van der Waals surface area contributed by atoms with Crippen LogP contribution in [-0.2, 0) is 10.0 Å². The fourth-order valence-corrected chi connectivity index (χ4v) is 7.46. The molecule has 4 aliphatic rings. The van der Waals surface area contributed by atoms with Gasteiger partial charge in [-0.1, -0.05) is 29.3 Å². The van der Waals surface area contributed by atoms with Gasteiger partial charge in [0, 0.05) is 5.54 Å². The standard InChI is InChI=1S/C16H19Cl2NO2S/c17-13-2-1-3-14(15(13)18)22(20,21)19-16-7-10-4-11(8-16)6-12(5-10)9-16/h1-3,10-12,19H,4-9H2. The summed E-state index contributed by atoms with van der Waals surface area (Å²) in [5.41, 5.74) is -0.265. The lowest BCUT2D eigenvalue weighted by molar-refractivity contribution is -0.00810. The summed E-state index contributed by atoms with van der Waals surface area (Å²) in [5, 5.41) is 0.386. The van der Waals surface area contributed by atoms with Crippen LogP contribution in [0, 0.1) is 17.8 Å². The molecule has 1 aromatic rings. The highest BCUT2D eigenvalue weighted by molar-refractivity contribution is 7.89. The molecule has 0 amide bonds. The molecule has 6 heteroatoms. The smallest absolute Gasteiger partial charge is 0.207 e. The van der Waals surface area contributed by atoms with E-state index in [4.69, 9.17) is 23.2 Å². The highest BCUT2D eigenvalue weighted by Gasteiger charge is 2.52. The van der Waals surface area contributed by atoms with Gasteiger partial charge in [-0.25, -0.2) is 13.1 Å². The van der Waals surface area contributed by atoms with Crippen LogP contribution >= 0.6 is 23.2 Å². The van der Waals surface area contributed by atoms with Gasteiger partial charge in [0.15, 0.2) is 0 Å². The van der Waals surface area contributed by atoms with Gasteiger partial charge in [0.05, 0.1) is 10.0 Å². The lowest BCUT2D eigenvalue weighted by Crippen LogP contribution is -2.59. The van der Waals surface area contributed by atoms with Crippen LogP contribution in [0.5, 0.6) is 0 Å². The molecule has 0 aromatic heterocycles. The van der Waals surface area contributed by atoms with Crippen LogP contribution in [0.1, 0.15) is 38.5 Å². The molecule has 0 saturated heterocycles.